The Bertz CT molecular complexity index is 933. The van der Waals surface area contributed by atoms with E-state index < -0.39 is 0 Å². The maximum absolute atomic E-state index is 10.5. The molecule has 0 aliphatic heterocycles. The summed E-state index contributed by atoms with van der Waals surface area (Å²) >= 11 is 1.72. The molecule has 0 unspecified atom stereocenters. The number of rotatable bonds is 1. The summed E-state index contributed by atoms with van der Waals surface area (Å²) in [6.45, 7) is 2.04. The molecule has 1 N–H and O–H groups in total. The molecule has 3 heteroatoms. The number of hydrogen-bond donors (Lipinski definition) is 1. The normalized spacial score (nSPS) is 11.4. The summed E-state index contributed by atoms with van der Waals surface area (Å²) in [7, 11) is 0. The molecule has 2 heterocycles. The van der Waals surface area contributed by atoms with E-state index in [-0.39, 0.29) is 0 Å². The molecule has 0 bridgehead atoms. The van der Waals surface area contributed by atoms with E-state index >= 15 is 0 Å². The van der Waals surface area contributed by atoms with E-state index in [2.05, 4.69) is 29.6 Å². The Hall–Kier alpha value is -2.26. The van der Waals surface area contributed by atoms with Gasteiger partial charge in [0.1, 0.15) is 0 Å². The molecule has 0 aliphatic rings. The molecule has 0 spiro atoms. The molecular weight excluding hydrogens is 266 g/mol. The van der Waals surface area contributed by atoms with Gasteiger partial charge < -0.3 is 5.11 Å². The van der Waals surface area contributed by atoms with Crippen LogP contribution in [-0.4, -0.2) is 9.67 Å². The smallest absolute Gasteiger partial charge is 0.203 e. The summed E-state index contributed by atoms with van der Waals surface area (Å²) in [6, 6.07) is 14.5. The van der Waals surface area contributed by atoms with E-state index in [4.69, 9.17) is 0 Å². The lowest BCUT2D eigenvalue weighted by Gasteiger charge is -2.05. The highest BCUT2D eigenvalue weighted by Gasteiger charge is 2.10. The van der Waals surface area contributed by atoms with Crippen LogP contribution in [0.2, 0.25) is 0 Å². The number of aromatic hydroxyl groups is 1. The van der Waals surface area contributed by atoms with Gasteiger partial charge in [0.2, 0.25) is 5.88 Å². The second-order valence-electron chi connectivity index (χ2n) is 5.06. The molecule has 4 rings (SSSR count). The Labute approximate surface area is 120 Å². The first-order chi connectivity index (χ1) is 9.72. The molecule has 0 atom stereocenters. The van der Waals surface area contributed by atoms with Gasteiger partial charge in [-0.1, -0.05) is 23.8 Å². The number of hydrogen-bond acceptors (Lipinski definition) is 2. The zero-order valence-electron chi connectivity index (χ0n) is 11.0. The Kier molecular flexibility index (Phi) is 2.38. The highest BCUT2D eigenvalue weighted by Crippen LogP contribution is 2.32. The lowest BCUT2D eigenvalue weighted by molar-refractivity contribution is 0.448. The summed E-state index contributed by atoms with van der Waals surface area (Å²) in [5.74, 6) is 0.305. The van der Waals surface area contributed by atoms with Gasteiger partial charge in [-0.15, -0.1) is 11.3 Å². The standard InChI is InChI=1S/C17H13NOS/c1-11-2-3-13-10-18(17(19)15(13)8-11)14-5-4-12-6-7-20-16(12)9-14/h2-10,19H,1H3. The van der Waals surface area contributed by atoms with Crippen LogP contribution in [0.15, 0.2) is 54.0 Å². The van der Waals surface area contributed by atoms with Crippen LogP contribution in [0.3, 0.4) is 0 Å². The van der Waals surface area contributed by atoms with E-state index in [0.29, 0.717) is 5.88 Å². The number of fused-ring (bicyclic) bond motifs is 2. The fourth-order valence-corrected chi connectivity index (χ4v) is 3.42. The van der Waals surface area contributed by atoms with Crippen molar-refractivity contribution in [1.82, 2.24) is 4.57 Å². The first kappa shape index (κ1) is 11.6. The number of aryl methyl sites for hydroxylation is 1. The van der Waals surface area contributed by atoms with Crippen LogP contribution in [0, 0.1) is 6.92 Å². The molecule has 98 valence electrons. The quantitative estimate of drug-likeness (QED) is 0.529. The number of benzene rings is 2. The van der Waals surface area contributed by atoms with Crippen molar-refractivity contribution in [2.45, 2.75) is 6.92 Å². The van der Waals surface area contributed by atoms with Crippen LogP contribution in [-0.2, 0) is 0 Å². The van der Waals surface area contributed by atoms with Gasteiger partial charge in [0.05, 0.1) is 0 Å². The maximum Gasteiger partial charge on any atom is 0.203 e. The third-order valence-corrected chi connectivity index (χ3v) is 4.54. The second-order valence-corrected chi connectivity index (χ2v) is 6.00. The Morgan fingerprint density at radius 1 is 1.00 bits per heavy atom. The molecule has 2 nitrogen and oxygen atoms in total. The number of nitrogens with zero attached hydrogens (tertiary/aromatic N) is 1. The van der Waals surface area contributed by atoms with Crippen molar-refractivity contribution in [3.8, 4) is 11.6 Å². The van der Waals surface area contributed by atoms with Gasteiger partial charge in [-0.05, 0) is 42.0 Å². The van der Waals surface area contributed by atoms with Crippen molar-refractivity contribution in [2.75, 3.05) is 0 Å². The van der Waals surface area contributed by atoms with Crippen LogP contribution in [0.5, 0.6) is 5.88 Å². The van der Waals surface area contributed by atoms with Gasteiger partial charge in [-0.2, -0.15) is 0 Å². The van der Waals surface area contributed by atoms with Gasteiger partial charge in [0.15, 0.2) is 0 Å². The van der Waals surface area contributed by atoms with Crippen molar-refractivity contribution >= 4 is 32.2 Å². The van der Waals surface area contributed by atoms with Crippen molar-refractivity contribution in [3.63, 3.8) is 0 Å². The van der Waals surface area contributed by atoms with Gasteiger partial charge in [0.25, 0.3) is 0 Å². The topological polar surface area (TPSA) is 25.2 Å². The monoisotopic (exact) mass is 279 g/mol. The van der Waals surface area contributed by atoms with Crippen LogP contribution < -0.4 is 0 Å². The summed E-state index contributed by atoms with van der Waals surface area (Å²) in [5.41, 5.74) is 2.14. The van der Waals surface area contributed by atoms with E-state index in [0.717, 1.165) is 22.0 Å². The molecule has 0 fully saturated rings. The summed E-state index contributed by atoms with van der Waals surface area (Å²) in [5, 5.41) is 15.7. The van der Waals surface area contributed by atoms with Crippen LogP contribution in [0.4, 0.5) is 0 Å². The SMILES string of the molecule is Cc1ccc2cn(-c3ccc4ccsc4c3)c(O)c2c1. The maximum atomic E-state index is 10.5. The Morgan fingerprint density at radius 2 is 1.85 bits per heavy atom. The molecule has 2 aromatic carbocycles. The molecule has 2 aromatic heterocycles. The summed E-state index contributed by atoms with van der Waals surface area (Å²) in [4.78, 5) is 0. The van der Waals surface area contributed by atoms with Gasteiger partial charge in [-0.3, -0.25) is 4.57 Å². The Balaban J connectivity index is 1.98. The summed E-state index contributed by atoms with van der Waals surface area (Å²) < 4.78 is 3.08. The first-order valence-corrected chi connectivity index (χ1v) is 7.39. The van der Waals surface area contributed by atoms with Crippen molar-refractivity contribution in [1.29, 1.82) is 0 Å². The number of aromatic nitrogens is 1. The van der Waals surface area contributed by atoms with Crippen LogP contribution >= 0.6 is 11.3 Å². The minimum absolute atomic E-state index is 0.305. The lowest BCUT2D eigenvalue weighted by atomic mass is 10.1. The van der Waals surface area contributed by atoms with Gasteiger partial charge in [-0.25, -0.2) is 0 Å². The number of thiophene rings is 1. The molecule has 0 saturated heterocycles. The van der Waals surface area contributed by atoms with Crippen molar-refractivity contribution in [3.05, 3.63) is 59.6 Å². The fraction of sp³-hybridized carbons (Fsp3) is 0.0588. The average molecular weight is 279 g/mol. The van der Waals surface area contributed by atoms with Crippen LogP contribution in [0.25, 0.3) is 26.5 Å². The predicted octanol–water partition coefficient (Wildman–Crippen LogP) is 4.86. The predicted molar refractivity (Wildman–Crippen MR) is 85.1 cm³/mol. The van der Waals surface area contributed by atoms with E-state index in [1.807, 2.05) is 35.9 Å². The molecule has 0 radical (unpaired) electrons. The third-order valence-electron chi connectivity index (χ3n) is 3.66. The summed E-state index contributed by atoms with van der Waals surface area (Å²) in [6.07, 6.45) is 1.98. The zero-order valence-corrected chi connectivity index (χ0v) is 11.8. The second kappa shape index (κ2) is 4.12. The molecule has 0 saturated carbocycles. The molecular formula is C17H13NOS. The van der Waals surface area contributed by atoms with E-state index in [1.54, 1.807) is 11.3 Å². The zero-order chi connectivity index (χ0) is 13.7. The molecule has 20 heavy (non-hydrogen) atoms. The molecule has 0 amide bonds. The van der Waals surface area contributed by atoms with Crippen LogP contribution in [0.1, 0.15) is 5.56 Å². The minimum atomic E-state index is 0.305. The minimum Gasteiger partial charge on any atom is -0.494 e. The molecule has 4 aromatic rings. The highest BCUT2D eigenvalue weighted by molar-refractivity contribution is 7.17. The first-order valence-electron chi connectivity index (χ1n) is 6.51. The van der Waals surface area contributed by atoms with Gasteiger partial charge >= 0.3 is 0 Å². The van der Waals surface area contributed by atoms with Crippen molar-refractivity contribution < 1.29 is 5.11 Å². The average Bonchev–Trinajstić information content (AvgIpc) is 3.03. The third kappa shape index (κ3) is 1.63. The lowest BCUT2D eigenvalue weighted by Crippen LogP contribution is -1.89. The Morgan fingerprint density at radius 3 is 2.75 bits per heavy atom. The fourth-order valence-electron chi connectivity index (χ4n) is 2.60. The molecule has 0 aliphatic carbocycles. The largest absolute Gasteiger partial charge is 0.494 e. The van der Waals surface area contributed by atoms with Crippen molar-refractivity contribution in [2.24, 2.45) is 0 Å². The van der Waals surface area contributed by atoms with E-state index in [1.165, 1.54) is 10.1 Å². The van der Waals surface area contributed by atoms with Gasteiger partial charge in [0, 0.05) is 27.4 Å². The van der Waals surface area contributed by atoms with E-state index in [9.17, 15) is 5.11 Å². The highest BCUT2D eigenvalue weighted by atomic mass is 32.1.